The van der Waals surface area contributed by atoms with Crippen LogP contribution in [0.5, 0.6) is 0 Å². The maximum atomic E-state index is 15.7. The molecule has 0 spiro atoms. The minimum atomic E-state index is -1.10. The number of amides is 1. The van der Waals surface area contributed by atoms with Gasteiger partial charge in [0.1, 0.15) is 12.4 Å². The Morgan fingerprint density at radius 1 is 1.02 bits per heavy atom. The van der Waals surface area contributed by atoms with Gasteiger partial charge in [0.2, 0.25) is 11.7 Å². The van der Waals surface area contributed by atoms with Crippen LogP contribution in [0.2, 0.25) is 0 Å². The van der Waals surface area contributed by atoms with E-state index < -0.39 is 23.7 Å². The van der Waals surface area contributed by atoms with Gasteiger partial charge < -0.3 is 20.2 Å². The SMILES string of the molecule is Cc1ccccc1-c1ccc(C[C@H](NC(=O)C2CCCN(c3ncnc(N(C)Cc4ccccc4)c3F)C2)C(=O)O)cc1. The molecule has 222 valence electrons. The van der Waals surface area contributed by atoms with Crippen molar-refractivity contribution in [1.29, 1.82) is 0 Å². The summed E-state index contributed by atoms with van der Waals surface area (Å²) in [5.41, 5.74) is 5.16. The van der Waals surface area contributed by atoms with Crippen LogP contribution in [0.4, 0.5) is 16.0 Å². The highest BCUT2D eigenvalue weighted by Crippen LogP contribution is 2.29. The van der Waals surface area contributed by atoms with Gasteiger partial charge in [-0.15, -0.1) is 0 Å². The standard InChI is InChI=1S/C34H36FN5O3/c1-23-9-6-7-13-28(23)26-16-14-24(15-17-26)19-29(34(42)43)38-33(41)27-12-8-18-40(21-27)32-30(35)31(36-22-37-32)39(2)20-25-10-4-3-5-11-25/h3-7,9-11,13-17,22,27,29H,8,12,18-21H2,1-2H3,(H,38,41)(H,42,43)/t27?,29-/m0/s1. The summed E-state index contributed by atoms with van der Waals surface area (Å²) < 4.78 is 15.7. The summed E-state index contributed by atoms with van der Waals surface area (Å²) in [5, 5.41) is 12.6. The Hall–Kier alpha value is -4.79. The molecule has 2 atom stereocenters. The van der Waals surface area contributed by atoms with E-state index >= 15 is 4.39 Å². The molecule has 1 fully saturated rings. The van der Waals surface area contributed by atoms with Crippen LogP contribution in [0.3, 0.4) is 0 Å². The molecule has 0 saturated carbocycles. The second kappa shape index (κ2) is 13.5. The number of carboxylic acid groups (broad SMARTS) is 1. The predicted octanol–water partition coefficient (Wildman–Crippen LogP) is 5.26. The van der Waals surface area contributed by atoms with Gasteiger partial charge in [0.05, 0.1) is 5.92 Å². The monoisotopic (exact) mass is 581 g/mol. The van der Waals surface area contributed by atoms with Gasteiger partial charge in [-0.05, 0) is 47.6 Å². The number of aromatic nitrogens is 2. The summed E-state index contributed by atoms with van der Waals surface area (Å²) in [4.78, 5) is 37.3. The van der Waals surface area contributed by atoms with Crippen molar-refractivity contribution in [3.05, 3.63) is 108 Å². The van der Waals surface area contributed by atoms with Crippen molar-refractivity contribution < 1.29 is 19.1 Å². The Morgan fingerprint density at radius 2 is 1.74 bits per heavy atom. The van der Waals surface area contributed by atoms with Crippen molar-refractivity contribution in [1.82, 2.24) is 15.3 Å². The molecule has 43 heavy (non-hydrogen) atoms. The van der Waals surface area contributed by atoms with Gasteiger partial charge in [0.15, 0.2) is 11.6 Å². The number of aryl methyl sites for hydroxylation is 1. The number of piperidine rings is 1. The number of carbonyl (C=O) groups excluding carboxylic acids is 1. The molecule has 1 aliphatic heterocycles. The van der Waals surface area contributed by atoms with E-state index in [9.17, 15) is 14.7 Å². The highest BCUT2D eigenvalue weighted by molar-refractivity contribution is 5.85. The maximum absolute atomic E-state index is 15.7. The van der Waals surface area contributed by atoms with Crippen molar-refractivity contribution in [3.8, 4) is 11.1 Å². The third-order valence-electron chi connectivity index (χ3n) is 7.93. The molecule has 2 N–H and O–H groups in total. The number of aliphatic carboxylic acids is 1. The predicted molar refractivity (Wildman–Crippen MR) is 165 cm³/mol. The highest BCUT2D eigenvalue weighted by Gasteiger charge is 2.31. The second-order valence-electron chi connectivity index (χ2n) is 11.1. The molecule has 8 nitrogen and oxygen atoms in total. The molecule has 9 heteroatoms. The number of hydrogen-bond acceptors (Lipinski definition) is 6. The van der Waals surface area contributed by atoms with Crippen LogP contribution in [0, 0.1) is 18.7 Å². The largest absolute Gasteiger partial charge is 0.480 e. The van der Waals surface area contributed by atoms with Gasteiger partial charge in [-0.3, -0.25) is 4.79 Å². The fourth-order valence-corrected chi connectivity index (χ4v) is 5.60. The Labute approximate surface area is 251 Å². The molecular formula is C34H36FN5O3. The van der Waals surface area contributed by atoms with Crippen molar-refractivity contribution in [3.63, 3.8) is 0 Å². The van der Waals surface area contributed by atoms with Crippen LogP contribution in [0.1, 0.15) is 29.5 Å². The number of halogens is 1. The first kappa shape index (κ1) is 29.7. The van der Waals surface area contributed by atoms with E-state index in [1.54, 1.807) is 16.8 Å². The molecule has 3 aromatic carbocycles. The number of nitrogens with one attached hydrogen (secondary N) is 1. The van der Waals surface area contributed by atoms with Crippen molar-refractivity contribution >= 4 is 23.5 Å². The number of carboxylic acids is 1. The molecule has 1 unspecified atom stereocenters. The third-order valence-corrected chi connectivity index (χ3v) is 7.93. The molecular weight excluding hydrogens is 545 g/mol. The zero-order valence-electron chi connectivity index (χ0n) is 24.4. The van der Waals surface area contributed by atoms with Crippen LogP contribution in [-0.2, 0) is 22.6 Å². The topological polar surface area (TPSA) is 98.7 Å². The fraction of sp³-hybridized carbons (Fsp3) is 0.294. The van der Waals surface area contributed by atoms with E-state index in [-0.39, 0.29) is 30.5 Å². The Kier molecular flexibility index (Phi) is 9.29. The van der Waals surface area contributed by atoms with E-state index in [0.717, 1.165) is 27.8 Å². The first-order valence-corrected chi connectivity index (χ1v) is 14.5. The molecule has 2 heterocycles. The molecule has 1 saturated heterocycles. The van der Waals surface area contributed by atoms with Crippen LogP contribution in [-0.4, -0.2) is 53.1 Å². The van der Waals surface area contributed by atoms with Crippen LogP contribution in [0.25, 0.3) is 11.1 Å². The Morgan fingerprint density at radius 3 is 2.47 bits per heavy atom. The van der Waals surface area contributed by atoms with Gasteiger partial charge in [0.25, 0.3) is 0 Å². The lowest BCUT2D eigenvalue weighted by Crippen LogP contribution is -2.49. The average Bonchev–Trinajstić information content (AvgIpc) is 3.02. The number of anilines is 2. The lowest BCUT2D eigenvalue weighted by Gasteiger charge is -2.34. The lowest BCUT2D eigenvalue weighted by atomic mass is 9.95. The van der Waals surface area contributed by atoms with Crippen LogP contribution >= 0.6 is 0 Å². The lowest BCUT2D eigenvalue weighted by molar-refractivity contribution is -0.142. The molecule has 1 amide bonds. The van der Waals surface area contributed by atoms with Gasteiger partial charge in [-0.2, -0.15) is 4.39 Å². The minimum absolute atomic E-state index is 0.144. The molecule has 1 aliphatic rings. The highest BCUT2D eigenvalue weighted by atomic mass is 19.1. The first-order valence-electron chi connectivity index (χ1n) is 14.5. The molecule has 0 bridgehead atoms. The molecule has 0 aliphatic carbocycles. The van der Waals surface area contributed by atoms with E-state index in [1.165, 1.54) is 6.33 Å². The summed E-state index contributed by atoms with van der Waals surface area (Å²) in [6.45, 7) is 3.30. The number of hydrogen-bond donors (Lipinski definition) is 2. The zero-order valence-corrected chi connectivity index (χ0v) is 24.4. The maximum Gasteiger partial charge on any atom is 0.326 e. The summed E-state index contributed by atoms with van der Waals surface area (Å²) >= 11 is 0. The van der Waals surface area contributed by atoms with E-state index in [2.05, 4.69) is 21.4 Å². The molecule has 1 aromatic heterocycles. The number of carbonyl (C=O) groups is 2. The van der Waals surface area contributed by atoms with Crippen LogP contribution in [0.15, 0.2) is 85.2 Å². The molecule has 0 radical (unpaired) electrons. The number of benzene rings is 3. The normalized spacial score (nSPS) is 15.5. The molecule has 4 aromatic rings. The fourth-order valence-electron chi connectivity index (χ4n) is 5.60. The van der Waals surface area contributed by atoms with Gasteiger partial charge in [0, 0.05) is 33.1 Å². The van der Waals surface area contributed by atoms with Crippen molar-refractivity contribution in [2.75, 3.05) is 29.9 Å². The molecule has 5 rings (SSSR count). The summed E-state index contributed by atoms with van der Waals surface area (Å²) in [6.07, 6.45) is 2.72. The van der Waals surface area contributed by atoms with Gasteiger partial charge in [-0.1, -0.05) is 78.9 Å². The van der Waals surface area contributed by atoms with Gasteiger partial charge >= 0.3 is 5.97 Å². The minimum Gasteiger partial charge on any atom is -0.480 e. The quantitative estimate of drug-likeness (QED) is 0.264. The van der Waals surface area contributed by atoms with Gasteiger partial charge in [-0.25, -0.2) is 14.8 Å². The van der Waals surface area contributed by atoms with E-state index in [1.807, 2.05) is 79.7 Å². The van der Waals surface area contributed by atoms with Crippen molar-refractivity contribution in [2.24, 2.45) is 5.92 Å². The average molecular weight is 582 g/mol. The van der Waals surface area contributed by atoms with Crippen LogP contribution < -0.4 is 15.1 Å². The number of rotatable bonds is 10. The Balaban J connectivity index is 1.23. The smallest absolute Gasteiger partial charge is 0.326 e. The summed E-state index contributed by atoms with van der Waals surface area (Å²) in [7, 11) is 1.77. The summed E-state index contributed by atoms with van der Waals surface area (Å²) in [6, 6.07) is 24.5. The second-order valence-corrected chi connectivity index (χ2v) is 11.1. The summed E-state index contributed by atoms with van der Waals surface area (Å²) in [5.74, 6) is -2.18. The zero-order chi connectivity index (χ0) is 30.3. The third kappa shape index (κ3) is 7.17. The number of nitrogens with zero attached hydrogens (tertiary/aromatic N) is 4. The van der Waals surface area contributed by atoms with Crippen molar-refractivity contribution in [2.45, 2.75) is 38.8 Å². The van der Waals surface area contributed by atoms with E-state index in [0.29, 0.717) is 25.9 Å². The first-order chi connectivity index (χ1) is 20.8. The Bertz CT molecular complexity index is 1560. The van der Waals surface area contributed by atoms with E-state index in [4.69, 9.17) is 0 Å².